The molecule has 1 aliphatic rings. The van der Waals surface area contributed by atoms with Crippen molar-refractivity contribution in [3.05, 3.63) is 53.1 Å². The number of rotatable bonds is 3. The molecule has 0 amide bonds. The molecule has 2 aromatic heterocycles. The molecule has 1 aliphatic heterocycles. The van der Waals surface area contributed by atoms with E-state index in [-0.39, 0.29) is 0 Å². The van der Waals surface area contributed by atoms with Gasteiger partial charge in [0.25, 0.3) is 0 Å². The standard InChI is InChI=1S/C19H22N6O/c1-12-7-16-14(3)22-19(23-17(16)8-13(12)2)24-18-20-10-25(11-21-18)9-15-5-4-6-26-15/h4-8H,9-11H2,1-3H3,(H2,20,21,22,23,24). The highest BCUT2D eigenvalue weighted by Gasteiger charge is 2.15. The molecule has 2 N–H and O–H groups in total. The van der Waals surface area contributed by atoms with Gasteiger partial charge in [-0.3, -0.25) is 10.2 Å². The van der Waals surface area contributed by atoms with Crippen molar-refractivity contribution in [3.8, 4) is 0 Å². The third kappa shape index (κ3) is 3.39. The molecule has 1 aromatic carbocycles. The maximum Gasteiger partial charge on any atom is 0.230 e. The third-order valence-electron chi connectivity index (χ3n) is 4.59. The number of furan rings is 1. The van der Waals surface area contributed by atoms with Crippen LogP contribution in [-0.2, 0) is 6.54 Å². The molecule has 0 unspecified atom stereocenters. The molecule has 3 aromatic rings. The fourth-order valence-electron chi connectivity index (χ4n) is 2.98. The van der Waals surface area contributed by atoms with Gasteiger partial charge in [-0.1, -0.05) is 0 Å². The summed E-state index contributed by atoms with van der Waals surface area (Å²) in [6.45, 7) is 8.19. The highest BCUT2D eigenvalue weighted by Crippen LogP contribution is 2.21. The van der Waals surface area contributed by atoms with Crippen molar-refractivity contribution in [1.29, 1.82) is 0 Å². The Balaban J connectivity index is 1.49. The van der Waals surface area contributed by atoms with E-state index in [4.69, 9.17) is 4.42 Å². The van der Waals surface area contributed by atoms with Gasteiger partial charge in [-0.15, -0.1) is 0 Å². The van der Waals surface area contributed by atoms with E-state index in [1.807, 2.05) is 19.1 Å². The number of hydrogen-bond acceptors (Lipinski definition) is 7. The fourth-order valence-corrected chi connectivity index (χ4v) is 2.98. The topological polar surface area (TPSA) is 78.6 Å². The summed E-state index contributed by atoms with van der Waals surface area (Å²) in [5.74, 6) is 2.17. The Morgan fingerprint density at radius 3 is 2.77 bits per heavy atom. The maximum absolute atomic E-state index is 5.38. The van der Waals surface area contributed by atoms with Crippen LogP contribution in [0.3, 0.4) is 0 Å². The van der Waals surface area contributed by atoms with Gasteiger partial charge in [0.2, 0.25) is 11.9 Å². The van der Waals surface area contributed by atoms with Crippen LogP contribution >= 0.6 is 0 Å². The lowest BCUT2D eigenvalue weighted by Gasteiger charge is -2.26. The van der Waals surface area contributed by atoms with E-state index < -0.39 is 0 Å². The lowest BCUT2D eigenvalue weighted by atomic mass is 10.1. The van der Waals surface area contributed by atoms with E-state index in [1.165, 1.54) is 11.1 Å². The van der Waals surface area contributed by atoms with E-state index in [9.17, 15) is 0 Å². The molecular weight excluding hydrogens is 328 g/mol. The summed E-state index contributed by atoms with van der Waals surface area (Å²) in [4.78, 5) is 15.9. The van der Waals surface area contributed by atoms with Gasteiger partial charge < -0.3 is 9.73 Å². The second-order valence-electron chi connectivity index (χ2n) is 6.60. The van der Waals surface area contributed by atoms with Gasteiger partial charge in [-0.25, -0.2) is 15.0 Å². The Bertz CT molecular complexity index is 964. The Morgan fingerprint density at radius 1 is 1.19 bits per heavy atom. The minimum absolute atomic E-state index is 0.559. The third-order valence-corrected chi connectivity index (χ3v) is 4.59. The van der Waals surface area contributed by atoms with E-state index >= 15 is 0 Å². The molecule has 0 saturated heterocycles. The van der Waals surface area contributed by atoms with Crippen LogP contribution in [0.5, 0.6) is 0 Å². The monoisotopic (exact) mass is 350 g/mol. The molecule has 7 heteroatoms. The summed E-state index contributed by atoms with van der Waals surface area (Å²) in [5.41, 5.74) is 4.37. The van der Waals surface area contributed by atoms with Gasteiger partial charge in [0.15, 0.2) is 0 Å². The highest BCUT2D eigenvalue weighted by molar-refractivity contribution is 5.93. The van der Waals surface area contributed by atoms with Crippen molar-refractivity contribution in [2.24, 2.45) is 4.99 Å². The van der Waals surface area contributed by atoms with Gasteiger partial charge in [-0.05, 0) is 56.2 Å². The second kappa shape index (κ2) is 6.76. The zero-order chi connectivity index (χ0) is 18.1. The first kappa shape index (κ1) is 16.5. The van der Waals surface area contributed by atoms with Crippen LogP contribution in [0, 0.1) is 20.8 Å². The number of guanidine groups is 1. The fraction of sp³-hybridized carbons (Fsp3) is 0.316. The number of benzene rings is 1. The van der Waals surface area contributed by atoms with Crippen molar-refractivity contribution < 1.29 is 4.42 Å². The first-order chi connectivity index (χ1) is 12.6. The predicted molar refractivity (Wildman–Crippen MR) is 102 cm³/mol. The number of nitrogens with zero attached hydrogens (tertiary/aromatic N) is 4. The van der Waals surface area contributed by atoms with Crippen LogP contribution in [0.2, 0.25) is 0 Å². The summed E-state index contributed by atoms with van der Waals surface area (Å²) in [6.07, 6.45) is 1.69. The first-order valence-corrected chi connectivity index (χ1v) is 8.64. The average molecular weight is 350 g/mol. The molecule has 0 fully saturated rings. The SMILES string of the molecule is Cc1cc2nc(NC3=NCN(Cc4ccco4)CN3)nc(C)c2cc1C. The Morgan fingerprint density at radius 2 is 2.04 bits per heavy atom. The van der Waals surface area contributed by atoms with Crippen molar-refractivity contribution in [2.75, 3.05) is 18.7 Å². The lowest BCUT2D eigenvalue weighted by Crippen LogP contribution is -2.45. The van der Waals surface area contributed by atoms with Crippen molar-refractivity contribution in [1.82, 2.24) is 20.2 Å². The molecule has 0 aliphatic carbocycles. The lowest BCUT2D eigenvalue weighted by molar-refractivity contribution is 0.236. The smallest absolute Gasteiger partial charge is 0.230 e. The van der Waals surface area contributed by atoms with Gasteiger partial charge in [0.05, 0.1) is 37.4 Å². The first-order valence-electron chi connectivity index (χ1n) is 8.64. The average Bonchev–Trinajstić information content (AvgIpc) is 3.12. The summed E-state index contributed by atoms with van der Waals surface area (Å²) in [5, 5.41) is 7.54. The zero-order valence-electron chi connectivity index (χ0n) is 15.2. The molecule has 7 nitrogen and oxygen atoms in total. The summed E-state index contributed by atoms with van der Waals surface area (Å²) in [6, 6.07) is 8.11. The van der Waals surface area contributed by atoms with Gasteiger partial charge >= 0.3 is 0 Å². The van der Waals surface area contributed by atoms with Crippen LogP contribution < -0.4 is 10.6 Å². The van der Waals surface area contributed by atoms with Crippen LogP contribution in [0.4, 0.5) is 5.95 Å². The van der Waals surface area contributed by atoms with E-state index in [2.05, 4.69) is 56.5 Å². The Kier molecular flexibility index (Phi) is 4.30. The summed E-state index contributed by atoms with van der Waals surface area (Å²) in [7, 11) is 0. The summed E-state index contributed by atoms with van der Waals surface area (Å²) >= 11 is 0. The second-order valence-corrected chi connectivity index (χ2v) is 6.60. The number of aromatic nitrogens is 2. The molecule has 3 heterocycles. The Labute approximate surface area is 152 Å². The molecule has 26 heavy (non-hydrogen) atoms. The molecule has 0 radical (unpaired) electrons. The van der Waals surface area contributed by atoms with Crippen molar-refractivity contribution >= 4 is 22.8 Å². The molecule has 0 saturated carbocycles. The maximum atomic E-state index is 5.38. The van der Waals surface area contributed by atoms with Crippen LogP contribution in [0.1, 0.15) is 22.6 Å². The molecule has 134 valence electrons. The largest absolute Gasteiger partial charge is 0.468 e. The molecular formula is C19H22N6O. The minimum atomic E-state index is 0.559. The van der Waals surface area contributed by atoms with Crippen LogP contribution in [-0.4, -0.2) is 34.2 Å². The van der Waals surface area contributed by atoms with E-state index in [0.29, 0.717) is 25.2 Å². The quantitative estimate of drug-likeness (QED) is 0.756. The van der Waals surface area contributed by atoms with Crippen molar-refractivity contribution in [3.63, 3.8) is 0 Å². The molecule has 4 rings (SSSR count). The van der Waals surface area contributed by atoms with Crippen molar-refractivity contribution in [2.45, 2.75) is 27.3 Å². The number of hydrogen-bond donors (Lipinski definition) is 2. The van der Waals surface area contributed by atoms with Gasteiger partial charge in [-0.2, -0.15) is 0 Å². The van der Waals surface area contributed by atoms with Crippen LogP contribution in [0.15, 0.2) is 39.9 Å². The van der Waals surface area contributed by atoms with E-state index in [0.717, 1.165) is 28.9 Å². The number of aliphatic imine (C=N–C) groups is 1. The van der Waals surface area contributed by atoms with Gasteiger partial charge in [0, 0.05) is 5.39 Å². The normalized spacial score (nSPS) is 15.0. The summed E-state index contributed by atoms with van der Waals surface area (Å²) < 4.78 is 5.38. The molecule has 0 bridgehead atoms. The minimum Gasteiger partial charge on any atom is -0.468 e. The highest BCUT2D eigenvalue weighted by atomic mass is 16.3. The number of aryl methyl sites for hydroxylation is 3. The predicted octanol–water partition coefficient (Wildman–Crippen LogP) is 2.94. The molecule has 0 atom stereocenters. The zero-order valence-corrected chi connectivity index (χ0v) is 15.2. The Hall–Kier alpha value is -2.93. The van der Waals surface area contributed by atoms with Gasteiger partial charge in [0.1, 0.15) is 5.76 Å². The van der Waals surface area contributed by atoms with Crippen LogP contribution in [0.25, 0.3) is 10.9 Å². The molecule has 0 spiro atoms. The number of nitrogens with one attached hydrogen (secondary N) is 2. The van der Waals surface area contributed by atoms with E-state index in [1.54, 1.807) is 6.26 Å². The number of anilines is 1. The number of fused-ring (bicyclic) bond motifs is 1.